The number of aromatic carboxylic acids is 1. The Morgan fingerprint density at radius 2 is 1.00 bits per heavy atom. The molecule has 15 nitrogen and oxygen atoms in total. The molecule has 2 saturated carbocycles. The average Bonchev–Trinajstić information content (AvgIpc) is 3.92. The van der Waals surface area contributed by atoms with E-state index in [2.05, 4.69) is 62.1 Å². The predicted molar refractivity (Wildman–Crippen MR) is 238 cm³/mol. The summed E-state index contributed by atoms with van der Waals surface area (Å²) in [6.45, 7) is 12.8. The number of amides is 2. The van der Waals surface area contributed by atoms with Gasteiger partial charge in [0.2, 0.25) is 25.4 Å². The standard InChI is InChI=1S/C25H26N2O5.C24H24N2O5.Li.H2O/c1-24(2,3)20-10-14-9-16(12-17(21(14)27-20)22(28)30-4)26-23(29)25(7-8-25)15-5-6-18-19(11-15)32-13-31-18;1-23(2,3)19-9-13-8-15(11-16(21(27)28)20(13)26-19)25-22(29)24(6-7-24)14-4-5-17-18(10-14)31-12-30-17;;/h5-6,9-12,27H,7-8,13H2,1-4H3,(H,26,29);4-5,8-11,26H,6-7,12H2,1-3H3,(H,25,29)(H,27,28);;1H2/q;;+1;/p-1. The summed E-state index contributed by atoms with van der Waals surface area (Å²) < 4.78 is 26.7. The first kappa shape index (κ1) is 46.6. The molecule has 4 heterocycles. The third-order valence-electron chi connectivity index (χ3n) is 12.4. The molecule has 0 radical (unpaired) electrons. The van der Waals surface area contributed by atoms with E-state index in [0.717, 1.165) is 59.0 Å². The van der Waals surface area contributed by atoms with Crippen molar-refractivity contribution in [2.45, 2.75) is 88.9 Å². The van der Waals surface area contributed by atoms with Crippen LogP contribution in [0.4, 0.5) is 11.4 Å². The molecule has 0 spiro atoms. The number of anilines is 2. The Balaban J connectivity index is 0.000000188. The second-order valence-corrected chi connectivity index (χ2v) is 18.8. The van der Waals surface area contributed by atoms with Crippen molar-refractivity contribution in [3.63, 3.8) is 0 Å². The van der Waals surface area contributed by atoms with E-state index in [0.29, 0.717) is 51.0 Å². The second-order valence-electron chi connectivity index (χ2n) is 18.8. The number of methoxy groups -OCH3 is 1. The van der Waals surface area contributed by atoms with Crippen molar-refractivity contribution in [1.29, 1.82) is 0 Å². The minimum absolute atomic E-state index is 0. The fourth-order valence-electron chi connectivity index (χ4n) is 8.31. The SMILES string of the molecule is CC(C)(C)c1cc2cc(NC(=O)C3(c4ccc5c(c4)OCO5)CC3)cc(C(=O)O)c2[nH]1.COC(=O)c1cc(NC(=O)C2(c3ccc4c(c3)OCO4)CC2)cc2cc(C(C)(C)C)[nH]c12.[Li+].[OH-]. The van der Waals surface area contributed by atoms with E-state index < -0.39 is 22.8 Å². The van der Waals surface area contributed by atoms with Gasteiger partial charge in [0.1, 0.15) is 0 Å². The van der Waals surface area contributed by atoms with E-state index in [1.807, 2.05) is 60.7 Å². The third kappa shape index (κ3) is 8.63. The number of aromatic amines is 2. The fourth-order valence-corrected chi connectivity index (χ4v) is 8.31. The van der Waals surface area contributed by atoms with E-state index in [1.54, 1.807) is 6.07 Å². The topological polar surface area (TPSA) is 220 Å². The van der Waals surface area contributed by atoms with Gasteiger partial charge in [-0.3, -0.25) is 9.59 Å². The number of carboxylic acid groups (broad SMARTS) is 1. The van der Waals surface area contributed by atoms with Gasteiger partial charge in [-0.2, -0.15) is 0 Å². The number of hydrogen-bond donors (Lipinski definition) is 5. The van der Waals surface area contributed by atoms with Crippen LogP contribution in [0.15, 0.2) is 72.8 Å². The molecule has 2 aliphatic heterocycles. The molecule has 6 aromatic rings. The number of nitrogens with one attached hydrogen (secondary N) is 4. The molecule has 0 saturated heterocycles. The van der Waals surface area contributed by atoms with Crippen LogP contribution in [0.5, 0.6) is 23.0 Å². The van der Waals surface area contributed by atoms with Crippen molar-refractivity contribution in [2.75, 3.05) is 31.3 Å². The van der Waals surface area contributed by atoms with Crippen molar-refractivity contribution in [3.8, 4) is 23.0 Å². The summed E-state index contributed by atoms with van der Waals surface area (Å²) in [5.41, 5.74) is 5.05. The average molecular weight is 879 g/mol. The Labute approximate surface area is 387 Å². The van der Waals surface area contributed by atoms with Gasteiger partial charge in [-0.15, -0.1) is 0 Å². The molecule has 334 valence electrons. The van der Waals surface area contributed by atoms with E-state index in [4.69, 9.17) is 23.7 Å². The van der Waals surface area contributed by atoms with Gasteiger partial charge < -0.3 is 54.9 Å². The molecule has 6 N–H and O–H groups in total. The van der Waals surface area contributed by atoms with Crippen LogP contribution in [0.1, 0.15) is 110 Å². The second kappa shape index (κ2) is 16.9. The minimum atomic E-state index is -1.04. The Morgan fingerprint density at radius 1 is 0.600 bits per heavy atom. The van der Waals surface area contributed by atoms with Gasteiger partial charge in [-0.05, 0) is 97.5 Å². The summed E-state index contributed by atoms with van der Waals surface area (Å²) >= 11 is 0. The molecule has 0 bridgehead atoms. The van der Waals surface area contributed by atoms with Gasteiger partial charge >= 0.3 is 30.8 Å². The van der Waals surface area contributed by atoms with Gasteiger partial charge in [0.25, 0.3) is 0 Å². The van der Waals surface area contributed by atoms with Crippen LogP contribution in [0.2, 0.25) is 0 Å². The van der Waals surface area contributed by atoms with Gasteiger partial charge in [0.15, 0.2) is 23.0 Å². The van der Waals surface area contributed by atoms with E-state index in [9.17, 15) is 24.3 Å². The van der Waals surface area contributed by atoms with Crippen LogP contribution >= 0.6 is 0 Å². The van der Waals surface area contributed by atoms with Crippen molar-refractivity contribution in [3.05, 3.63) is 106 Å². The summed E-state index contributed by atoms with van der Waals surface area (Å²) in [4.78, 5) is 57.5. The summed E-state index contributed by atoms with van der Waals surface area (Å²) in [7, 11) is 1.35. The number of carbonyl (C=O) groups excluding carboxylic acids is 3. The molecule has 2 aromatic heterocycles. The molecule has 0 unspecified atom stereocenters. The van der Waals surface area contributed by atoms with Gasteiger partial charge in [-0.25, -0.2) is 9.59 Å². The van der Waals surface area contributed by atoms with Crippen LogP contribution in [-0.2, 0) is 36.0 Å². The first-order chi connectivity index (χ1) is 29.9. The number of fused-ring (bicyclic) bond motifs is 4. The van der Waals surface area contributed by atoms with Crippen LogP contribution < -0.4 is 48.4 Å². The van der Waals surface area contributed by atoms with Crippen molar-refractivity contribution < 1.29 is 72.3 Å². The first-order valence-corrected chi connectivity index (χ1v) is 21.0. The monoisotopic (exact) mass is 878 g/mol. The van der Waals surface area contributed by atoms with E-state index in [1.165, 1.54) is 13.2 Å². The predicted octanol–water partition coefficient (Wildman–Crippen LogP) is 6.04. The zero-order chi connectivity index (χ0) is 44.6. The summed E-state index contributed by atoms with van der Waals surface area (Å²) in [5, 5.41) is 17.3. The van der Waals surface area contributed by atoms with Gasteiger partial charge in [0, 0.05) is 44.4 Å². The first-order valence-electron chi connectivity index (χ1n) is 21.0. The largest absolute Gasteiger partial charge is 1.00 e. The minimum Gasteiger partial charge on any atom is -0.870 e. The fraction of sp³-hybridized carbons (Fsp3) is 0.347. The number of benzene rings is 4. The van der Waals surface area contributed by atoms with Gasteiger partial charge in [0.05, 0.1) is 40.1 Å². The summed E-state index contributed by atoms with van der Waals surface area (Å²) in [6, 6.07) is 22.1. The Hall–Kier alpha value is -6.40. The smallest absolute Gasteiger partial charge is 0.870 e. The number of rotatable bonds is 8. The zero-order valence-electron chi connectivity index (χ0n) is 37.7. The van der Waals surface area contributed by atoms with Crippen molar-refractivity contribution >= 4 is 56.9 Å². The number of H-pyrrole nitrogens is 2. The van der Waals surface area contributed by atoms with Crippen LogP contribution in [-0.4, -0.2) is 65.0 Å². The number of carbonyl (C=O) groups is 4. The van der Waals surface area contributed by atoms with Crippen LogP contribution in [0.25, 0.3) is 21.8 Å². The number of aromatic nitrogens is 2. The van der Waals surface area contributed by atoms with E-state index in [-0.39, 0.29) is 66.1 Å². The normalized spacial score (nSPS) is 15.7. The van der Waals surface area contributed by atoms with Crippen LogP contribution in [0.3, 0.4) is 0 Å². The molecule has 4 aliphatic rings. The number of ether oxygens (including phenoxy) is 5. The molecule has 2 amide bonds. The number of esters is 1. The Morgan fingerprint density at radius 3 is 1.38 bits per heavy atom. The maximum Gasteiger partial charge on any atom is 1.00 e. The molecule has 10 rings (SSSR count). The summed E-state index contributed by atoms with van der Waals surface area (Å²) in [5.74, 6) is 0.947. The number of hydrogen-bond acceptors (Lipinski definition) is 10. The molecule has 2 aliphatic carbocycles. The Kier molecular flexibility index (Phi) is 12.1. The zero-order valence-corrected chi connectivity index (χ0v) is 37.7. The Bertz CT molecular complexity index is 2880. The molecule has 65 heavy (non-hydrogen) atoms. The molecular formula is C49H51LiN4O11. The molecule has 2 fully saturated rings. The summed E-state index contributed by atoms with van der Waals surface area (Å²) in [6.07, 6.45) is 2.96. The number of carboxylic acids is 1. The maximum atomic E-state index is 13.3. The van der Waals surface area contributed by atoms with E-state index >= 15 is 0 Å². The quantitative estimate of drug-likeness (QED) is 0.0877. The third-order valence-corrected chi connectivity index (χ3v) is 12.4. The molecular weight excluding hydrogens is 827 g/mol. The molecule has 16 heteroatoms. The van der Waals surface area contributed by atoms with Gasteiger partial charge in [-0.1, -0.05) is 53.7 Å². The van der Waals surface area contributed by atoms with Crippen LogP contribution in [0, 0.1) is 0 Å². The molecule has 4 aromatic carbocycles. The van der Waals surface area contributed by atoms with Crippen molar-refractivity contribution in [1.82, 2.24) is 9.97 Å². The maximum absolute atomic E-state index is 13.3. The van der Waals surface area contributed by atoms with Crippen molar-refractivity contribution in [2.24, 2.45) is 0 Å². The molecule has 0 atom stereocenters.